The smallest absolute Gasteiger partial charge is 0.243 e. The van der Waals surface area contributed by atoms with Crippen molar-refractivity contribution in [2.75, 3.05) is 26.2 Å². The predicted molar refractivity (Wildman–Crippen MR) is 65.3 cm³/mol. The minimum absolute atomic E-state index is 0. The highest BCUT2D eigenvalue weighted by Crippen LogP contribution is 2.16. The van der Waals surface area contributed by atoms with Gasteiger partial charge >= 0.3 is 0 Å². The molecule has 0 saturated carbocycles. The lowest BCUT2D eigenvalue weighted by molar-refractivity contribution is 0.360. The van der Waals surface area contributed by atoms with E-state index in [2.05, 4.69) is 5.32 Å². The van der Waals surface area contributed by atoms with E-state index in [1.807, 2.05) is 0 Å². The minimum Gasteiger partial charge on any atom is -0.314 e. The van der Waals surface area contributed by atoms with Crippen molar-refractivity contribution >= 4 is 22.4 Å². The zero-order valence-electron chi connectivity index (χ0n) is 9.10. The Kier molecular flexibility index (Phi) is 4.88. The lowest BCUT2D eigenvalue weighted by Crippen LogP contribution is -2.46. The molecule has 1 saturated heterocycles. The molecule has 1 N–H and O–H groups in total. The normalized spacial score (nSPS) is 17.5. The topological polar surface area (TPSA) is 49.4 Å². The van der Waals surface area contributed by atoms with Gasteiger partial charge < -0.3 is 5.32 Å². The van der Waals surface area contributed by atoms with Crippen LogP contribution in [0.25, 0.3) is 0 Å². The monoisotopic (exact) mass is 280 g/mol. The number of piperazine rings is 1. The summed E-state index contributed by atoms with van der Waals surface area (Å²) in [7, 11) is -3.45. The van der Waals surface area contributed by atoms with Gasteiger partial charge in [-0.3, -0.25) is 0 Å². The molecule has 96 valence electrons. The predicted octanol–water partition coefficient (Wildman–Crippen LogP) is 0.841. The Morgan fingerprint density at radius 2 is 1.65 bits per heavy atom. The van der Waals surface area contributed by atoms with Gasteiger partial charge in [0.2, 0.25) is 10.0 Å². The molecule has 0 radical (unpaired) electrons. The number of nitrogens with one attached hydrogen (secondary N) is 1. The first kappa shape index (κ1) is 14.4. The number of rotatable bonds is 2. The molecule has 1 aromatic rings. The van der Waals surface area contributed by atoms with Gasteiger partial charge in [0.15, 0.2) is 0 Å². The van der Waals surface area contributed by atoms with E-state index in [4.69, 9.17) is 0 Å². The fourth-order valence-electron chi connectivity index (χ4n) is 1.64. The average Bonchev–Trinajstić information content (AvgIpc) is 2.31. The molecule has 17 heavy (non-hydrogen) atoms. The zero-order chi connectivity index (χ0) is 11.6. The number of sulfonamides is 1. The summed E-state index contributed by atoms with van der Waals surface area (Å²) in [5.74, 6) is -0.431. The van der Waals surface area contributed by atoms with Crippen LogP contribution in [0.15, 0.2) is 29.2 Å². The molecule has 1 aliphatic heterocycles. The van der Waals surface area contributed by atoms with Crippen LogP contribution in [0, 0.1) is 5.82 Å². The average molecular weight is 281 g/mol. The third kappa shape index (κ3) is 3.16. The van der Waals surface area contributed by atoms with Gasteiger partial charge in [0.05, 0.1) is 4.90 Å². The van der Waals surface area contributed by atoms with E-state index < -0.39 is 15.8 Å². The van der Waals surface area contributed by atoms with Gasteiger partial charge in [0.1, 0.15) is 5.82 Å². The molecule has 0 unspecified atom stereocenters. The highest BCUT2D eigenvalue weighted by atomic mass is 35.5. The van der Waals surface area contributed by atoms with Gasteiger partial charge in [-0.1, -0.05) is 0 Å². The van der Waals surface area contributed by atoms with Crippen molar-refractivity contribution in [1.82, 2.24) is 9.62 Å². The lowest BCUT2D eigenvalue weighted by atomic mass is 10.4. The van der Waals surface area contributed by atoms with Gasteiger partial charge in [-0.15, -0.1) is 12.4 Å². The second-order valence-electron chi connectivity index (χ2n) is 3.61. The maximum Gasteiger partial charge on any atom is 0.243 e. The summed E-state index contributed by atoms with van der Waals surface area (Å²) in [5, 5.41) is 3.08. The maximum atomic E-state index is 12.7. The Morgan fingerprint density at radius 3 is 2.18 bits per heavy atom. The second-order valence-corrected chi connectivity index (χ2v) is 5.55. The molecular formula is C10H14ClFN2O2S. The summed E-state index contributed by atoms with van der Waals surface area (Å²) >= 11 is 0. The van der Waals surface area contributed by atoms with E-state index >= 15 is 0 Å². The SMILES string of the molecule is Cl.O=S(=O)(c1ccc(F)cc1)N1CCNCC1. The Morgan fingerprint density at radius 1 is 1.12 bits per heavy atom. The molecular weight excluding hydrogens is 267 g/mol. The molecule has 0 amide bonds. The van der Waals surface area contributed by atoms with E-state index in [1.165, 1.54) is 16.4 Å². The number of hydrogen-bond donors (Lipinski definition) is 1. The third-order valence-corrected chi connectivity index (χ3v) is 4.44. The van der Waals surface area contributed by atoms with Gasteiger partial charge in [-0.05, 0) is 24.3 Å². The standard InChI is InChI=1S/C10H13FN2O2S.ClH/c11-9-1-3-10(4-2-9)16(14,15)13-7-5-12-6-8-13;/h1-4,12H,5-8H2;1H. The Labute approximate surface area is 106 Å². The molecule has 0 spiro atoms. The first-order valence-corrected chi connectivity index (χ1v) is 6.51. The van der Waals surface area contributed by atoms with Crippen molar-refractivity contribution in [2.24, 2.45) is 0 Å². The number of hydrogen-bond acceptors (Lipinski definition) is 3. The van der Waals surface area contributed by atoms with Crippen molar-refractivity contribution in [3.8, 4) is 0 Å². The quantitative estimate of drug-likeness (QED) is 0.873. The molecule has 0 aliphatic carbocycles. The number of nitrogens with zero attached hydrogens (tertiary/aromatic N) is 1. The van der Waals surface area contributed by atoms with Crippen LogP contribution in [-0.4, -0.2) is 38.9 Å². The highest BCUT2D eigenvalue weighted by molar-refractivity contribution is 7.89. The van der Waals surface area contributed by atoms with Crippen molar-refractivity contribution in [3.63, 3.8) is 0 Å². The largest absolute Gasteiger partial charge is 0.314 e. The van der Waals surface area contributed by atoms with Crippen molar-refractivity contribution in [2.45, 2.75) is 4.90 Å². The van der Waals surface area contributed by atoms with Crippen LogP contribution >= 0.6 is 12.4 Å². The molecule has 1 aromatic carbocycles. The summed E-state index contributed by atoms with van der Waals surface area (Å²) in [5.41, 5.74) is 0. The molecule has 0 aromatic heterocycles. The van der Waals surface area contributed by atoms with Crippen LogP contribution in [0.1, 0.15) is 0 Å². The molecule has 7 heteroatoms. The third-order valence-electron chi connectivity index (χ3n) is 2.53. The first-order chi connectivity index (χ1) is 7.60. The van der Waals surface area contributed by atoms with Gasteiger partial charge in [0.25, 0.3) is 0 Å². The first-order valence-electron chi connectivity index (χ1n) is 5.07. The van der Waals surface area contributed by atoms with E-state index in [9.17, 15) is 12.8 Å². The van der Waals surface area contributed by atoms with Crippen molar-refractivity contribution < 1.29 is 12.8 Å². The summed E-state index contributed by atoms with van der Waals surface area (Å²) in [6.07, 6.45) is 0. The Bertz CT molecular complexity index is 458. The Balaban J connectivity index is 0.00000144. The summed E-state index contributed by atoms with van der Waals surface area (Å²) in [4.78, 5) is 0.149. The number of benzene rings is 1. The van der Waals surface area contributed by atoms with Crippen LogP contribution < -0.4 is 5.32 Å². The van der Waals surface area contributed by atoms with Crippen LogP contribution in [0.4, 0.5) is 4.39 Å². The van der Waals surface area contributed by atoms with Crippen LogP contribution in [0.3, 0.4) is 0 Å². The minimum atomic E-state index is -3.45. The number of halogens is 2. The molecule has 1 aliphatic rings. The van der Waals surface area contributed by atoms with Gasteiger partial charge in [-0.25, -0.2) is 12.8 Å². The zero-order valence-corrected chi connectivity index (χ0v) is 10.7. The highest BCUT2D eigenvalue weighted by Gasteiger charge is 2.25. The lowest BCUT2D eigenvalue weighted by Gasteiger charge is -2.26. The van der Waals surface area contributed by atoms with Crippen LogP contribution in [-0.2, 0) is 10.0 Å². The second kappa shape index (κ2) is 5.77. The summed E-state index contributed by atoms with van der Waals surface area (Å²) in [6.45, 7) is 2.22. The van der Waals surface area contributed by atoms with E-state index in [0.29, 0.717) is 26.2 Å². The van der Waals surface area contributed by atoms with E-state index in [-0.39, 0.29) is 17.3 Å². The molecule has 4 nitrogen and oxygen atoms in total. The van der Waals surface area contributed by atoms with E-state index in [0.717, 1.165) is 12.1 Å². The maximum absolute atomic E-state index is 12.7. The summed E-state index contributed by atoms with van der Waals surface area (Å²) in [6, 6.07) is 4.92. The van der Waals surface area contributed by atoms with Gasteiger partial charge in [0, 0.05) is 26.2 Å². The molecule has 2 rings (SSSR count). The van der Waals surface area contributed by atoms with Crippen molar-refractivity contribution in [1.29, 1.82) is 0 Å². The molecule has 0 bridgehead atoms. The van der Waals surface area contributed by atoms with Crippen LogP contribution in [0.2, 0.25) is 0 Å². The molecule has 0 atom stereocenters. The molecule has 1 fully saturated rings. The summed E-state index contributed by atoms with van der Waals surface area (Å²) < 4.78 is 38.3. The Hall–Kier alpha value is -0.690. The van der Waals surface area contributed by atoms with Gasteiger partial charge in [-0.2, -0.15) is 4.31 Å². The fourth-order valence-corrected chi connectivity index (χ4v) is 3.08. The molecule has 1 heterocycles. The fraction of sp³-hybridized carbons (Fsp3) is 0.400. The van der Waals surface area contributed by atoms with E-state index in [1.54, 1.807) is 0 Å². The van der Waals surface area contributed by atoms with Crippen LogP contribution in [0.5, 0.6) is 0 Å². The van der Waals surface area contributed by atoms with Crippen molar-refractivity contribution in [3.05, 3.63) is 30.1 Å².